The summed E-state index contributed by atoms with van der Waals surface area (Å²) >= 11 is 0. The average molecular weight is 416 g/mol. The van der Waals surface area contributed by atoms with E-state index >= 15 is 0 Å². The van der Waals surface area contributed by atoms with Crippen LogP contribution in [0.2, 0.25) is 0 Å². The lowest BCUT2D eigenvalue weighted by Gasteiger charge is -2.43. The van der Waals surface area contributed by atoms with E-state index in [1.165, 1.54) is 0 Å². The highest BCUT2D eigenvalue weighted by Crippen LogP contribution is 2.45. The molecule has 162 valence electrons. The van der Waals surface area contributed by atoms with Crippen molar-refractivity contribution in [3.63, 3.8) is 0 Å². The summed E-state index contributed by atoms with van der Waals surface area (Å²) in [6.07, 6.45) is -3.63. The average Bonchev–Trinajstić information content (AvgIpc) is 2.80. The Morgan fingerprint density at radius 3 is 3.07 bits per heavy atom. The molecular formula is C24H36O5. The van der Waals surface area contributed by atoms with Gasteiger partial charge in [0.2, 0.25) is 0 Å². The molecule has 8 atom stereocenters. The normalized spacial score (nSPS) is 47.7. The standard InChI is InChI=1S/C24H36O5/c1-5-15(3)24(27)29-21-11-14(2)10-17-7-6-16(4)20(23(17)21)9-8-19-12-18(25)13-22(26)28-19/h6-7,10,14-16,18-21,23,25H,5,8-9,11-13H2,1-4H3/t14-,15-,16-,18+,19?,20-,21-,23-/m0/s1/i1D3,2D3,5D2,13D2,15D. The fourth-order valence-electron chi connectivity index (χ4n) is 4.52. The third kappa shape index (κ3) is 5.30. The van der Waals surface area contributed by atoms with Crippen LogP contribution in [0.25, 0.3) is 0 Å². The van der Waals surface area contributed by atoms with E-state index < -0.39 is 74.4 Å². The predicted molar refractivity (Wildman–Crippen MR) is 111 cm³/mol. The molecule has 0 aromatic rings. The number of esters is 2. The Labute approximate surface area is 190 Å². The van der Waals surface area contributed by atoms with E-state index in [0.29, 0.717) is 12.0 Å². The smallest absolute Gasteiger partial charge is 0.308 e. The van der Waals surface area contributed by atoms with E-state index in [0.717, 1.165) is 6.92 Å². The van der Waals surface area contributed by atoms with Gasteiger partial charge in [0.05, 0.1) is 18.4 Å². The number of carbonyl (C=O) groups excluding carboxylic acids is 2. The Balaban J connectivity index is 1.90. The van der Waals surface area contributed by atoms with E-state index in [1.54, 1.807) is 12.2 Å². The van der Waals surface area contributed by atoms with Gasteiger partial charge in [-0.05, 0) is 49.0 Å². The summed E-state index contributed by atoms with van der Waals surface area (Å²) in [5.41, 5.74) is 0.579. The van der Waals surface area contributed by atoms with E-state index in [4.69, 9.17) is 24.6 Å². The largest absolute Gasteiger partial charge is 0.462 e. The summed E-state index contributed by atoms with van der Waals surface area (Å²) in [5.74, 6) is -7.41. The van der Waals surface area contributed by atoms with E-state index in [1.807, 2.05) is 13.0 Å². The second kappa shape index (κ2) is 9.46. The maximum absolute atomic E-state index is 13.2. The molecule has 1 fully saturated rings. The lowest BCUT2D eigenvalue weighted by Crippen LogP contribution is -2.42. The van der Waals surface area contributed by atoms with Crippen molar-refractivity contribution in [2.75, 3.05) is 0 Å². The summed E-state index contributed by atoms with van der Waals surface area (Å²) in [7, 11) is 0. The van der Waals surface area contributed by atoms with Crippen molar-refractivity contribution >= 4 is 11.9 Å². The van der Waals surface area contributed by atoms with Crippen LogP contribution < -0.4 is 0 Å². The number of ether oxygens (including phenoxy) is 2. The number of allylic oxidation sites excluding steroid dienone is 3. The van der Waals surface area contributed by atoms with Crippen molar-refractivity contribution in [3.05, 3.63) is 23.8 Å². The van der Waals surface area contributed by atoms with Crippen molar-refractivity contribution in [2.45, 2.75) is 84.3 Å². The molecule has 0 radical (unpaired) electrons. The molecule has 0 aromatic heterocycles. The SMILES string of the molecule is [2H]C([2H])([2H])[C@H]1C=C2C=C[C@H](C)[C@H](CCC3C[C@@H](O)C([2H])([2H])C(=O)O3)[C@H]2[C@@H](OC(=O)[C@@]([2H])(C)C([2H])([2H])C([2H])([2H])[2H])C1. The Hall–Kier alpha value is -1.62. The molecule has 1 N–H and O–H groups in total. The second-order valence-electron chi connectivity index (χ2n) is 8.11. The number of hydrogen-bond donors (Lipinski definition) is 1. The molecule has 5 heteroatoms. The fraction of sp³-hybridized carbons (Fsp3) is 0.750. The van der Waals surface area contributed by atoms with Crippen LogP contribution in [0.3, 0.4) is 0 Å². The quantitative estimate of drug-likeness (QED) is 0.658. The number of aliphatic hydroxyl groups excluding tert-OH is 1. The molecule has 29 heavy (non-hydrogen) atoms. The van der Waals surface area contributed by atoms with E-state index in [9.17, 15) is 14.7 Å². The fourth-order valence-corrected chi connectivity index (χ4v) is 4.52. The molecule has 0 saturated carbocycles. The molecule has 5 nitrogen and oxygen atoms in total. The van der Waals surface area contributed by atoms with Crippen LogP contribution in [0.4, 0.5) is 0 Å². The maximum atomic E-state index is 13.2. The summed E-state index contributed by atoms with van der Waals surface area (Å²) in [6.45, 7) is -3.03. The van der Waals surface area contributed by atoms with Gasteiger partial charge in [-0.2, -0.15) is 0 Å². The van der Waals surface area contributed by atoms with Gasteiger partial charge in [0.15, 0.2) is 0 Å². The van der Waals surface area contributed by atoms with E-state index in [2.05, 4.69) is 0 Å². The van der Waals surface area contributed by atoms with Crippen molar-refractivity contribution in [3.8, 4) is 0 Å². The molecule has 0 bridgehead atoms. The Morgan fingerprint density at radius 2 is 2.34 bits per heavy atom. The highest BCUT2D eigenvalue weighted by Gasteiger charge is 2.42. The third-order valence-corrected chi connectivity index (χ3v) is 6.01. The Bertz CT molecular complexity index is 1050. The summed E-state index contributed by atoms with van der Waals surface area (Å²) < 4.78 is 96.7. The number of rotatable bonds is 6. The first kappa shape index (κ1) is 11.7. The second-order valence-corrected chi connectivity index (χ2v) is 8.11. The monoisotopic (exact) mass is 415 g/mol. The van der Waals surface area contributed by atoms with Gasteiger partial charge in [-0.1, -0.05) is 45.8 Å². The number of fused-ring (bicyclic) bond motifs is 1. The van der Waals surface area contributed by atoms with Crippen LogP contribution in [0.1, 0.15) is 81.1 Å². The van der Waals surface area contributed by atoms with Crippen LogP contribution in [0.15, 0.2) is 23.8 Å². The first-order valence-corrected chi connectivity index (χ1v) is 10.0. The summed E-state index contributed by atoms with van der Waals surface area (Å²) in [5, 5.41) is 10.1. The van der Waals surface area contributed by atoms with Crippen molar-refractivity contribution < 1.29 is 39.2 Å². The minimum Gasteiger partial charge on any atom is -0.462 e. The zero-order valence-corrected chi connectivity index (χ0v) is 16.7. The first-order valence-electron chi connectivity index (χ1n) is 15.5. The minimum atomic E-state index is -3.30. The third-order valence-electron chi connectivity index (χ3n) is 6.01. The molecule has 1 aliphatic heterocycles. The van der Waals surface area contributed by atoms with Gasteiger partial charge in [0.1, 0.15) is 12.2 Å². The lowest BCUT2D eigenvalue weighted by molar-refractivity contribution is -0.162. The summed E-state index contributed by atoms with van der Waals surface area (Å²) in [6, 6.07) is 0. The molecule has 0 spiro atoms. The van der Waals surface area contributed by atoms with Gasteiger partial charge in [-0.3, -0.25) is 9.59 Å². The zero-order valence-electron chi connectivity index (χ0n) is 27.7. The molecular weight excluding hydrogens is 368 g/mol. The van der Waals surface area contributed by atoms with Gasteiger partial charge < -0.3 is 14.6 Å². The predicted octanol–water partition coefficient (Wildman–Crippen LogP) is 4.20. The summed E-state index contributed by atoms with van der Waals surface area (Å²) in [4.78, 5) is 25.2. The highest BCUT2D eigenvalue weighted by molar-refractivity contribution is 5.72. The van der Waals surface area contributed by atoms with Gasteiger partial charge >= 0.3 is 11.9 Å². The molecule has 3 aliphatic rings. The molecule has 2 aliphatic carbocycles. The van der Waals surface area contributed by atoms with Crippen molar-refractivity contribution in [1.29, 1.82) is 0 Å². The van der Waals surface area contributed by atoms with Crippen LogP contribution in [0, 0.1) is 29.6 Å². The van der Waals surface area contributed by atoms with Crippen LogP contribution in [-0.2, 0) is 19.1 Å². The molecule has 0 amide bonds. The molecule has 1 unspecified atom stereocenters. The van der Waals surface area contributed by atoms with Crippen LogP contribution in [0.5, 0.6) is 0 Å². The molecule has 3 rings (SSSR count). The number of carbonyl (C=O) groups is 2. The van der Waals surface area contributed by atoms with E-state index in [-0.39, 0.29) is 31.1 Å². The lowest BCUT2D eigenvalue weighted by atomic mass is 9.65. The molecule has 1 saturated heterocycles. The van der Waals surface area contributed by atoms with Crippen molar-refractivity contribution in [2.24, 2.45) is 29.6 Å². The molecule has 1 heterocycles. The van der Waals surface area contributed by atoms with Gasteiger partial charge in [0, 0.05) is 27.4 Å². The minimum absolute atomic E-state index is 0.107. The van der Waals surface area contributed by atoms with Gasteiger partial charge in [-0.25, -0.2) is 0 Å². The topological polar surface area (TPSA) is 72.8 Å². The number of aliphatic hydroxyl groups is 1. The Kier molecular flexibility index (Phi) is 3.81. The van der Waals surface area contributed by atoms with Crippen LogP contribution >= 0.6 is 0 Å². The highest BCUT2D eigenvalue weighted by atomic mass is 16.5. The number of cyclic esters (lactones) is 1. The van der Waals surface area contributed by atoms with Gasteiger partial charge in [0.25, 0.3) is 0 Å². The first-order chi connectivity index (χ1) is 18.0. The molecule has 0 aromatic carbocycles. The van der Waals surface area contributed by atoms with Crippen molar-refractivity contribution in [1.82, 2.24) is 0 Å². The Morgan fingerprint density at radius 1 is 1.52 bits per heavy atom. The number of hydrogen-bond acceptors (Lipinski definition) is 5. The maximum Gasteiger partial charge on any atom is 0.308 e. The van der Waals surface area contributed by atoms with Crippen LogP contribution in [-0.4, -0.2) is 35.4 Å². The van der Waals surface area contributed by atoms with Gasteiger partial charge in [-0.15, -0.1) is 0 Å². The zero-order chi connectivity index (χ0) is 30.6.